The predicted molar refractivity (Wildman–Crippen MR) is 88.2 cm³/mol. The molecular weight excluding hydrogens is 310 g/mol. The Bertz CT molecular complexity index is 927. The van der Waals surface area contributed by atoms with Crippen LogP contribution in [0.5, 0.6) is 0 Å². The molecule has 0 amide bonds. The fourth-order valence-corrected chi connectivity index (χ4v) is 2.26. The van der Waals surface area contributed by atoms with E-state index >= 15 is 0 Å². The van der Waals surface area contributed by atoms with E-state index in [0.29, 0.717) is 34.5 Å². The lowest BCUT2D eigenvalue weighted by Crippen LogP contribution is -2.06. The van der Waals surface area contributed by atoms with Gasteiger partial charge in [-0.1, -0.05) is 6.07 Å². The van der Waals surface area contributed by atoms with Crippen LogP contribution in [-0.4, -0.2) is 30.9 Å². The number of hydrogen-bond acceptors (Lipinski definition) is 8. The number of aromatic nitrogens is 4. The van der Waals surface area contributed by atoms with Gasteiger partial charge in [0, 0.05) is 23.9 Å². The van der Waals surface area contributed by atoms with Crippen LogP contribution in [0.1, 0.15) is 12.8 Å². The molecular formula is C15H13N7O2. The molecule has 9 heteroatoms. The summed E-state index contributed by atoms with van der Waals surface area (Å²) in [5.41, 5.74) is 1.71. The summed E-state index contributed by atoms with van der Waals surface area (Å²) in [7, 11) is 0. The molecule has 24 heavy (non-hydrogen) atoms. The summed E-state index contributed by atoms with van der Waals surface area (Å²) >= 11 is 0. The van der Waals surface area contributed by atoms with E-state index in [9.17, 15) is 10.1 Å². The standard InChI is InChI=1S/C15H13N7O2/c23-22(24)11-3-1-2-10(6-11)19-14-13-12(17-8-18-14)7-16-15(21-13)20-9-4-5-9/h1-3,6-9H,4-5H2,(H,16,20,21)(H,17,18,19). The molecule has 0 aliphatic heterocycles. The van der Waals surface area contributed by atoms with Crippen LogP contribution in [0, 0.1) is 10.1 Å². The molecule has 0 saturated heterocycles. The number of benzene rings is 1. The number of nitro groups is 1. The lowest BCUT2D eigenvalue weighted by Gasteiger charge is -2.09. The molecule has 2 N–H and O–H groups in total. The SMILES string of the molecule is O=[N+]([O-])c1cccc(Nc2ncnc3cnc(NC4CC4)nc23)c1. The summed E-state index contributed by atoms with van der Waals surface area (Å²) in [5, 5.41) is 17.2. The number of nitrogens with one attached hydrogen (secondary N) is 2. The van der Waals surface area contributed by atoms with Crippen molar-refractivity contribution in [1.82, 2.24) is 19.9 Å². The van der Waals surface area contributed by atoms with Crippen LogP contribution in [0.4, 0.5) is 23.1 Å². The Morgan fingerprint density at radius 3 is 2.88 bits per heavy atom. The quantitative estimate of drug-likeness (QED) is 0.543. The summed E-state index contributed by atoms with van der Waals surface area (Å²) in [6, 6.07) is 6.65. The summed E-state index contributed by atoms with van der Waals surface area (Å²) in [5.74, 6) is 1.00. The second-order valence-electron chi connectivity index (χ2n) is 5.50. The first-order valence-corrected chi connectivity index (χ1v) is 7.45. The van der Waals surface area contributed by atoms with Gasteiger partial charge in [-0.3, -0.25) is 10.1 Å². The van der Waals surface area contributed by atoms with Gasteiger partial charge in [0.25, 0.3) is 5.69 Å². The van der Waals surface area contributed by atoms with E-state index < -0.39 is 4.92 Å². The molecule has 0 unspecified atom stereocenters. The van der Waals surface area contributed by atoms with Gasteiger partial charge in [-0.05, 0) is 18.9 Å². The van der Waals surface area contributed by atoms with Gasteiger partial charge >= 0.3 is 0 Å². The van der Waals surface area contributed by atoms with Crippen molar-refractivity contribution in [3.63, 3.8) is 0 Å². The van der Waals surface area contributed by atoms with Gasteiger partial charge in [-0.15, -0.1) is 0 Å². The van der Waals surface area contributed by atoms with Crippen molar-refractivity contribution in [2.24, 2.45) is 0 Å². The Hall–Kier alpha value is -3.36. The molecule has 1 saturated carbocycles. The number of rotatable bonds is 5. The maximum absolute atomic E-state index is 10.9. The Balaban J connectivity index is 1.69. The van der Waals surface area contributed by atoms with Gasteiger partial charge in [0.15, 0.2) is 5.82 Å². The zero-order valence-corrected chi connectivity index (χ0v) is 12.5. The Morgan fingerprint density at radius 1 is 1.21 bits per heavy atom. The lowest BCUT2D eigenvalue weighted by molar-refractivity contribution is -0.384. The van der Waals surface area contributed by atoms with Crippen LogP contribution in [0.2, 0.25) is 0 Å². The highest BCUT2D eigenvalue weighted by atomic mass is 16.6. The van der Waals surface area contributed by atoms with E-state index in [1.54, 1.807) is 18.3 Å². The highest BCUT2D eigenvalue weighted by Crippen LogP contribution is 2.26. The minimum Gasteiger partial charge on any atom is -0.351 e. The zero-order chi connectivity index (χ0) is 16.5. The Kier molecular flexibility index (Phi) is 3.38. The minimum absolute atomic E-state index is 0.00377. The van der Waals surface area contributed by atoms with E-state index in [1.807, 2.05) is 0 Å². The van der Waals surface area contributed by atoms with E-state index in [-0.39, 0.29) is 5.69 Å². The van der Waals surface area contributed by atoms with Gasteiger partial charge < -0.3 is 10.6 Å². The van der Waals surface area contributed by atoms with Crippen LogP contribution in [0.15, 0.2) is 36.8 Å². The largest absolute Gasteiger partial charge is 0.351 e. The normalized spacial score (nSPS) is 13.7. The third-order valence-electron chi connectivity index (χ3n) is 3.61. The average Bonchev–Trinajstić information content (AvgIpc) is 3.40. The van der Waals surface area contributed by atoms with Crippen LogP contribution < -0.4 is 10.6 Å². The van der Waals surface area contributed by atoms with Crippen LogP contribution in [0.25, 0.3) is 11.0 Å². The first kappa shape index (κ1) is 14.2. The monoisotopic (exact) mass is 323 g/mol. The summed E-state index contributed by atoms with van der Waals surface area (Å²) < 4.78 is 0. The molecule has 2 heterocycles. The molecule has 2 aromatic heterocycles. The van der Waals surface area contributed by atoms with Crippen molar-refractivity contribution in [1.29, 1.82) is 0 Å². The minimum atomic E-state index is -0.441. The molecule has 0 bridgehead atoms. The highest BCUT2D eigenvalue weighted by Gasteiger charge is 2.22. The molecule has 0 atom stereocenters. The number of nitro benzene ring substituents is 1. The second-order valence-corrected chi connectivity index (χ2v) is 5.50. The Labute approximate surface area is 136 Å². The van der Waals surface area contributed by atoms with Crippen molar-refractivity contribution >= 4 is 34.2 Å². The smallest absolute Gasteiger partial charge is 0.271 e. The molecule has 1 aliphatic carbocycles. The van der Waals surface area contributed by atoms with E-state index in [0.717, 1.165) is 12.8 Å². The fourth-order valence-electron chi connectivity index (χ4n) is 2.26. The fraction of sp³-hybridized carbons (Fsp3) is 0.200. The van der Waals surface area contributed by atoms with Crippen LogP contribution in [0.3, 0.4) is 0 Å². The van der Waals surface area contributed by atoms with E-state index in [4.69, 9.17) is 0 Å². The topological polar surface area (TPSA) is 119 Å². The van der Waals surface area contributed by atoms with Gasteiger partial charge in [0.2, 0.25) is 5.95 Å². The van der Waals surface area contributed by atoms with Gasteiger partial charge in [0.1, 0.15) is 17.4 Å². The van der Waals surface area contributed by atoms with Crippen molar-refractivity contribution in [2.75, 3.05) is 10.6 Å². The Morgan fingerprint density at radius 2 is 2.08 bits per heavy atom. The molecule has 9 nitrogen and oxygen atoms in total. The number of hydrogen-bond donors (Lipinski definition) is 2. The third kappa shape index (κ3) is 2.91. The van der Waals surface area contributed by atoms with Crippen molar-refractivity contribution in [3.8, 4) is 0 Å². The maximum atomic E-state index is 10.9. The predicted octanol–water partition coefficient (Wildman–Crippen LogP) is 2.65. The van der Waals surface area contributed by atoms with Gasteiger partial charge in [0.05, 0.1) is 11.1 Å². The van der Waals surface area contributed by atoms with Gasteiger partial charge in [-0.25, -0.2) is 19.9 Å². The molecule has 0 radical (unpaired) electrons. The van der Waals surface area contributed by atoms with Crippen LogP contribution >= 0.6 is 0 Å². The van der Waals surface area contributed by atoms with Crippen LogP contribution in [-0.2, 0) is 0 Å². The average molecular weight is 323 g/mol. The van der Waals surface area contributed by atoms with Crippen molar-refractivity contribution < 1.29 is 4.92 Å². The molecule has 120 valence electrons. The van der Waals surface area contributed by atoms with E-state index in [1.165, 1.54) is 18.5 Å². The first-order chi connectivity index (χ1) is 11.7. The molecule has 0 spiro atoms. The first-order valence-electron chi connectivity index (χ1n) is 7.45. The maximum Gasteiger partial charge on any atom is 0.271 e. The van der Waals surface area contributed by atoms with E-state index in [2.05, 4.69) is 30.6 Å². The molecule has 3 aromatic rings. The summed E-state index contributed by atoms with van der Waals surface area (Å²) in [4.78, 5) is 27.5. The number of fused-ring (bicyclic) bond motifs is 1. The van der Waals surface area contributed by atoms with Crippen molar-refractivity contribution in [3.05, 3.63) is 46.9 Å². The summed E-state index contributed by atoms with van der Waals surface area (Å²) in [6.45, 7) is 0. The molecule has 4 rings (SSSR count). The number of anilines is 3. The van der Waals surface area contributed by atoms with Gasteiger partial charge in [-0.2, -0.15) is 0 Å². The molecule has 1 aromatic carbocycles. The number of nitrogens with zero attached hydrogens (tertiary/aromatic N) is 5. The second kappa shape index (κ2) is 5.69. The third-order valence-corrected chi connectivity index (χ3v) is 3.61. The highest BCUT2D eigenvalue weighted by molar-refractivity contribution is 5.87. The summed E-state index contributed by atoms with van der Waals surface area (Å²) in [6.07, 6.45) is 5.27. The lowest BCUT2D eigenvalue weighted by atomic mass is 10.3. The molecule has 1 aliphatic rings. The zero-order valence-electron chi connectivity index (χ0n) is 12.5. The number of non-ortho nitro benzene ring substituents is 1. The molecule has 1 fully saturated rings. The van der Waals surface area contributed by atoms with Crippen molar-refractivity contribution in [2.45, 2.75) is 18.9 Å².